The summed E-state index contributed by atoms with van der Waals surface area (Å²) in [5, 5.41) is 4.64. The number of rotatable bonds is 8. The van der Waals surface area contributed by atoms with Gasteiger partial charge in [-0.2, -0.15) is 0 Å². The molecule has 0 heterocycles. The summed E-state index contributed by atoms with van der Waals surface area (Å²) in [6.45, 7) is 7.45. The number of benzene rings is 1. The fourth-order valence-electron chi connectivity index (χ4n) is 1.74. The molecule has 0 unspecified atom stereocenters. The maximum Gasteiger partial charge on any atom is 0.321 e. The van der Waals surface area contributed by atoms with Crippen molar-refractivity contribution in [2.24, 2.45) is 0 Å². The summed E-state index contributed by atoms with van der Waals surface area (Å²) in [7, 11) is 0. The van der Waals surface area contributed by atoms with Gasteiger partial charge in [0.1, 0.15) is 5.75 Å². The van der Waals surface area contributed by atoms with Crippen LogP contribution in [0.25, 0.3) is 0 Å². The number of esters is 1. The molecule has 0 fully saturated rings. The molecule has 0 bridgehead atoms. The Morgan fingerprint density at radius 1 is 1.12 bits per heavy atom. The van der Waals surface area contributed by atoms with Crippen molar-refractivity contribution >= 4 is 29.7 Å². The minimum Gasteiger partial charge on any atom is -0.494 e. The van der Waals surface area contributed by atoms with Crippen LogP contribution in [-0.4, -0.2) is 42.4 Å². The highest BCUT2D eigenvalue weighted by molar-refractivity contribution is 8.00. The van der Waals surface area contributed by atoms with Crippen molar-refractivity contribution in [3.05, 3.63) is 24.3 Å². The number of urea groups is 1. The molecule has 1 aromatic rings. The molecule has 0 spiro atoms. The zero-order chi connectivity index (χ0) is 18.8. The molecule has 0 radical (unpaired) electrons. The predicted octanol–water partition coefficient (Wildman–Crippen LogP) is 2.34. The van der Waals surface area contributed by atoms with Crippen LogP contribution in [0.4, 0.5) is 4.79 Å². The maximum absolute atomic E-state index is 11.8. The van der Waals surface area contributed by atoms with Crippen molar-refractivity contribution in [2.75, 3.05) is 12.4 Å². The van der Waals surface area contributed by atoms with Crippen molar-refractivity contribution in [2.45, 2.75) is 44.7 Å². The van der Waals surface area contributed by atoms with Gasteiger partial charge in [-0.3, -0.25) is 14.9 Å². The first kappa shape index (κ1) is 20.8. The standard InChI is InChI=1S/C17H24N2O5S/c1-5-23-13-6-8-14(9-7-13)25-10-15(20)24-12(4)16(21)19-17(22)18-11(2)3/h6-9,11-12H,5,10H2,1-4H3,(H2,18,19,21,22)/t12-/m1/s1. The number of carbonyl (C=O) groups excluding carboxylic acids is 3. The van der Waals surface area contributed by atoms with Crippen molar-refractivity contribution in [3.63, 3.8) is 0 Å². The van der Waals surface area contributed by atoms with Gasteiger partial charge in [-0.15, -0.1) is 11.8 Å². The zero-order valence-electron chi connectivity index (χ0n) is 14.8. The minimum atomic E-state index is -1.05. The van der Waals surface area contributed by atoms with Crippen LogP contribution in [-0.2, 0) is 14.3 Å². The number of hydrogen-bond donors (Lipinski definition) is 2. The molecule has 0 aliphatic heterocycles. The molecule has 0 saturated carbocycles. The topological polar surface area (TPSA) is 93.7 Å². The van der Waals surface area contributed by atoms with Crippen molar-refractivity contribution < 1.29 is 23.9 Å². The lowest BCUT2D eigenvalue weighted by Crippen LogP contribution is -2.46. The molecule has 7 nitrogen and oxygen atoms in total. The second kappa shape index (κ2) is 10.6. The normalized spacial score (nSPS) is 11.6. The number of amides is 3. The highest BCUT2D eigenvalue weighted by Gasteiger charge is 2.20. The summed E-state index contributed by atoms with van der Waals surface area (Å²) in [5.74, 6) is -0.383. The monoisotopic (exact) mass is 368 g/mol. The van der Waals surface area contributed by atoms with Gasteiger partial charge in [-0.05, 0) is 52.0 Å². The third kappa shape index (κ3) is 8.44. The van der Waals surface area contributed by atoms with Gasteiger partial charge in [0.05, 0.1) is 12.4 Å². The molecule has 1 atom stereocenters. The first-order chi connectivity index (χ1) is 11.8. The lowest BCUT2D eigenvalue weighted by molar-refractivity contribution is -0.151. The Balaban J connectivity index is 2.37. The number of imide groups is 1. The highest BCUT2D eigenvalue weighted by atomic mass is 32.2. The van der Waals surface area contributed by atoms with E-state index in [1.54, 1.807) is 13.8 Å². The molecule has 1 aromatic carbocycles. The van der Waals surface area contributed by atoms with Gasteiger partial charge in [0.25, 0.3) is 5.91 Å². The molecule has 1 rings (SSSR count). The van der Waals surface area contributed by atoms with Crippen LogP contribution < -0.4 is 15.4 Å². The number of thioether (sulfide) groups is 1. The molecule has 0 aliphatic carbocycles. The second-order valence-electron chi connectivity index (χ2n) is 5.44. The van der Waals surface area contributed by atoms with Crippen LogP contribution in [0.3, 0.4) is 0 Å². The van der Waals surface area contributed by atoms with E-state index < -0.39 is 24.0 Å². The lowest BCUT2D eigenvalue weighted by atomic mass is 10.3. The van der Waals surface area contributed by atoms with E-state index in [1.807, 2.05) is 31.2 Å². The maximum atomic E-state index is 11.8. The van der Waals surface area contributed by atoms with Crippen LogP contribution in [0.2, 0.25) is 0 Å². The fourth-order valence-corrected chi connectivity index (χ4v) is 2.42. The van der Waals surface area contributed by atoms with Crippen molar-refractivity contribution in [1.82, 2.24) is 10.6 Å². The van der Waals surface area contributed by atoms with E-state index in [9.17, 15) is 14.4 Å². The van der Waals surface area contributed by atoms with Crippen molar-refractivity contribution in [1.29, 1.82) is 0 Å². The molecule has 138 valence electrons. The molecule has 0 saturated heterocycles. The third-order valence-electron chi connectivity index (χ3n) is 2.83. The van der Waals surface area contributed by atoms with E-state index in [4.69, 9.17) is 9.47 Å². The molecule has 0 aliphatic rings. The average molecular weight is 368 g/mol. The summed E-state index contributed by atoms with van der Waals surface area (Å²) in [5.41, 5.74) is 0. The van der Waals surface area contributed by atoms with E-state index >= 15 is 0 Å². The van der Waals surface area contributed by atoms with E-state index in [0.29, 0.717) is 6.61 Å². The minimum absolute atomic E-state index is 0.0593. The van der Waals surface area contributed by atoms with Gasteiger partial charge in [-0.25, -0.2) is 4.79 Å². The molecule has 25 heavy (non-hydrogen) atoms. The van der Waals surface area contributed by atoms with Gasteiger partial charge in [0.2, 0.25) is 0 Å². The summed E-state index contributed by atoms with van der Waals surface area (Å²) in [4.78, 5) is 35.9. The SMILES string of the molecule is CCOc1ccc(SCC(=O)O[C@H](C)C(=O)NC(=O)NC(C)C)cc1. The Morgan fingerprint density at radius 2 is 1.76 bits per heavy atom. The molecular formula is C17H24N2O5S. The van der Waals surface area contributed by atoms with Crippen molar-refractivity contribution in [3.8, 4) is 5.75 Å². The van der Waals surface area contributed by atoms with Crippen LogP contribution >= 0.6 is 11.8 Å². The van der Waals surface area contributed by atoms with Gasteiger partial charge in [0.15, 0.2) is 6.10 Å². The quantitative estimate of drug-likeness (QED) is 0.540. The van der Waals surface area contributed by atoms with Crippen LogP contribution in [0.1, 0.15) is 27.7 Å². The van der Waals surface area contributed by atoms with Gasteiger partial charge in [-0.1, -0.05) is 0 Å². The summed E-state index contributed by atoms with van der Waals surface area (Å²) >= 11 is 1.29. The highest BCUT2D eigenvalue weighted by Crippen LogP contribution is 2.21. The smallest absolute Gasteiger partial charge is 0.321 e. The Hall–Kier alpha value is -2.22. The first-order valence-corrected chi connectivity index (χ1v) is 8.96. The number of ether oxygens (including phenoxy) is 2. The van der Waals surface area contributed by atoms with E-state index in [1.165, 1.54) is 18.7 Å². The predicted molar refractivity (Wildman–Crippen MR) is 95.7 cm³/mol. The van der Waals surface area contributed by atoms with E-state index in [0.717, 1.165) is 10.6 Å². The second-order valence-corrected chi connectivity index (χ2v) is 6.49. The van der Waals surface area contributed by atoms with E-state index in [2.05, 4.69) is 10.6 Å². The van der Waals surface area contributed by atoms with Gasteiger partial charge < -0.3 is 14.8 Å². The average Bonchev–Trinajstić information content (AvgIpc) is 2.53. The summed E-state index contributed by atoms with van der Waals surface area (Å²) < 4.78 is 10.4. The third-order valence-corrected chi connectivity index (χ3v) is 3.81. The Bertz CT molecular complexity index is 589. The van der Waals surface area contributed by atoms with Crippen LogP contribution in [0, 0.1) is 0 Å². The molecule has 3 amide bonds. The number of hydrogen-bond acceptors (Lipinski definition) is 6. The van der Waals surface area contributed by atoms with E-state index in [-0.39, 0.29) is 11.8 Å². The lowest BCUT2D eigenvalue weighted by Gasteiger charge is -2.14. The first-order valence-electron chi connectivity index (χ1n) is 7.98. The zero-order valence-corrected chi connectivity index (χ0v) is 15.6. The molecule has 8 heteroatoms. The largest absolute Gasteiger partial charge is 0.494 e. The Kier molecular flexibility index (Phi) is 8.83. The van der Waals surface area contributed by atoms with Gasteiger partial charge >= 0.3 is 12.0 Å². The Labute approximate surface area is 151 Å². The molecule has 2 N–H and O–H groups in total. The summed E-state index contributed by atoms with van der Waals surface area (Å²) in [6.07, 6.45) is -1.05. The fraction of sp³-hybridized carbons (Fsp3) is 0.471. The summed E-state index contributed by atoms with van der Waals surface area (Å²) in [6, 6.07) is 6.61. The molecular weight excluding hydrogens is 344 g/mol. The van der Waals surface area contributed by atoms with Crippen LogP contribution in [0.15, 0.2) is 29.2 Å². The number of carbonyl (C=O) groups is 3. The van der Waals surface area contributed by atoms with Gasteiger partial charge in [0, 0.05) is 10.9 Å². The number of nitrogens with one attached hydrogen (secondary N) is 2. The Morgan fingerprint density at radius 3 is 2.32 bits per heavy atom. The molecule has 0 aromatic heterocycles. The van der Waals surface area contributed by atoms with Crippen LogP contribution in [0.5, 0.6) is 5.75 Å².